The van der Waals surface area contributed by atoms with Gasteiger partial charge in [0.05, 0.1) is 27.9 Å². The Morgan fingerprint density at radius 3 is 1.09 bits per heavy atom. The van der Waals surface area contributed by atoms with Crippen LogP contribution in [0.2, 0.25) is 13.1 Å². The molecule has 2 heterocycles. The minimum atomic E-state index is -2.72. The van der Waals surface area contributed by atoms with E-state index >= 15 is 0 Å². The van der Waals surface area contributed by atoms with E-state index in [2.05, 4.69) is 423 Å². The lowest BCUT2D eigenvalue weighted by Gasteiger charge is -2.38. The molecule has 0 saturated carbocycles. The van der Waals surface area contributed by atoms with Gasteiger partial charge in [0.25, 0.3) is 0 Å². The lowest BCUT2D eigenvalue weighted by molar-refractivity contribution is 0.589. The number of para-hydroxylation sites is 1. The van der Waals surface area contributed by atoms with Gasteiger partial charge in [0.2, 0.25) is 0 Å². The van der Waals surface area contributed by atoms with Crippen LogP contribution in [0.4, 0.5) is 51.2 Å². The van der Waals surface area contributed by atoms with E-state index in [1.165, 1.54) is 87.9 Å². The van der Waals surface area contributed by atoms with Crippen molar-refractivity contribution in [3.05, 3.63) is 341 Å². The zero-order valence-electron chi connectivity index (χ0n) is 66.0. The quantitative estimate of drug-likeness (QED) is 0.120. The van der Waals surface area contributed by atoms with Crippen molar-refractivity contribution in [2.24, 2.45) is 0 Å². The van der Waals surface area contributed by atoms with Gasteiger partial charge in [-0.1, -0.05) is 317 Å². The Balaban J connectivity index is 1.07. The average Bonchev–Trinajstić information content (AvgIpc) is 1.44. The van der Waals surface area contributed by atoms with Crippen LogP contribution in [0.1, 0.15) is 154 Å². The summed E-state index contributed by atoms with van der Waals surface area (Å²) in [5, 5.41) is 9.68. The molecule has 0 N–H and O–H groups in total. The molecule has 0 spiro atoms. The summed E-state index contributed by atoms with van der Waals surface area (Å²) in [4.78, 5) is 7.68. The van der Waals surface area contributed by atoms with Gasteiger partial charge in [-0.25, -0.2) is 0 Å². The molecule has 15 aromatic rings. The molecular formula is C103H99N3OSi. The monoisotopic (exact) mass is 1420 g/mol. The first-order chi connectivity index (χ1) is 51.5. The minimum absolute atomic E-state index is 0.0218. The number of hydrogen-bond acceptors (Lipinski definition) is 4. The summed E-state index contributed by atoms with van der Waals surface area (Å²) >= 11 is 0. The summed E-state index contributed by atoms with van der Waals surface area (Å²) in [5.74, 6) is 0. The molecule has 0 fully saturated rings. The van der Waals surface area contributed by atoms with Crippen LogP contribution < -0.4 is 25.1 Å². The molecule has 536 valence electrons. The highest BCUT2D eigenvalue weighted by Crippen LogP contribution is 2.65. The molecule has 4 nitrogen and oxygen atoms in total. The molecule has 1 aliphatic carbocycles. The van der Waals surface area contributed by atoms with E-state index in [0.29, 0.717) is 0 Å². The summed E-state index contributed by atoms with van der Waals surface area (Å²) in [6, 6.07) is 112. The molecule has 0 radical (unpaired) electrons. The zero-order chi connectivity index (χ0) is 75.4. The molecule has 0 saturated heterocycles. The highest BCUT2D eigenvalue weighted by Gasteiger charge is 2.54. The van der Waals surface area contributed by atoms with Gasteiger partial charge < -0.3 is 19.1 Å². The molecule has 1 aromatic heterocycles. The molecular weight excluding hydrogens is 1320 g/mol. The first-order valence-electron chi connectivity index (χ1n) is 38.8. The maximum Gasteiger partial charge on any atom is 0.145 e. The molecule has 14 aromatic carbocycles. The summed E-state index contributed by atoms with van der Waals surface area (Å²) < 4.78 is 7.97. The van der Waals surface area contributed by atoms with Crippen molar-refractivity contribution in [3.63, 3.8) is 0 Å². The second-order valence-electron chi connectivity index (χ2n) is 36.2. The number of furan rings is 1. The fraction of sp³-hybridized carbons (Fsp3) is 0.223. The molecule has 0 bridgehead atoms. The van der Waals surface area contributed by atoms with Gasteiger partial charge >= 0.3 is 0 Å². The smallest absolute Gasteiger partial charge is 0.145 e. The van der Waals surface area contributed by atoms with Crippen molar-refractivity contribution in [1.29, 1.82) is 0 Å². The first kappa shape index (κ1) is 70.0. The molecule has 2 aliphatic rings. The van der Waals surface area contributed by atoms with Gasteiger partial charge in [-0.05, 0) is 206 Å². The maximum absolute atomic E-state index is 7.97. The van der Waals surface area contributed by atoms with E-state index in [4.69, 9.17) is 4.42 Å². The summed E-state index contributed by atoms with van der Waals surface area (Å²) in [6.45, 7) is 39.9. The number of benzene rings is 14. The van der Waals surface area contributed by atoms with Gasteiger partial charge in [-0.3, -0.25) is 0 Å². The predicted molar refractivity (Wildman–Crippen MR) is 466 cm³/mol. The fourth-order valence-electron chi connectivity index (χ4n) is 17.8. The molecule has 1 aliphatic heterocycles. The largest absolute Gasteiger partial charge is 0.455 e. The van der Waals surface area contributed by atoms with Crippen LogP contribution in [-0.2, 0) is 32.5 Å². The third-order valence-electron chi connectivity index (χ3n) is 23.7. The van der Waals surface area contributed by atoms with Gasteiger partial charge in [-0.15, -0.1) is 0 Å². The van der Waals surface area contributed by atoms with Gasteiger partial charge in [-0.2, -0.15) is 0 Å². The van der Waals surface area contributed by atoms with Crippen molar-refractivity contribution >= 4 is 113 Å². The second kappa shape index (κ2) is 25.3. The first-order valence-corrected chi connectivity index (χ1v) is 41.8. The maximum atomic E-state index is 7.97. The van der Waals surface area contributed by atoms with Crippen LogP contribution in [-0.4, -0.2) is 8.07 Å². The third-order valence-corrected chi connectivity index (χ3v) is 27.2. The number of hydrogen-bond donors (Lipinski definition) is 0. The molecule has 108 heavy (non-hydrogen) atoms. The highest BCUT2D eigenvalue weighted by atomic mass is 28.3. The Morgan fingerprint density at radius 2 is 0.639 bits per heavy atom. The van der Waals surface area contributed by atoms with E-state index in [1.807, 2.05) is 0 Å². The fourth-order valence-corrected chi connectivity index (χ4v) is 21.2. The van der Waals surface area contributed by atoms with Gasteiger partial charge in [0.1, 0.15) is 19.2 Å². The molecule has 0 amide bonds. The SMILES string of the molecule is CC(C)(C)c1ccc(N(c2ccc(C(C)(C)C)cc2)c2ccc(C3(c4ccc(C(C)(C)C)cc4)c4cc(N(c5ccc(C(C)(C)C)cc5)c5cccc6ccccc56)c5c(c4-c4c3cc(N(c3ccc(C(C)(C)C)cc3)c3cccc6ccccc36)c3c4oc4ccccc43)-c3ccccc3[Si]5(C)C)cc2)cc1. The number of rotatable bonds is 11. The molecule has 17 rings (SSSR count). The van der Waals surface area contributed by atoms with Gasteiger partial charge in [0, 0.05) is 55.8 Å². The topological polar surface area (TPSA) is 22.9 Å². The van der Waals surface area contributed by atoms with Crippen LogP contribution in [0.15, 0.2) is 296 Å². The molecule has 1 atom stereocenters. The van der Waals surface area contributed by atoms with E-state index < -0.39 is 13.5 Å². The summed E-state index contributed by atoms with van der Waals surface area (Å²) in [7, 11) is -2.72. The van der Waals surface area contributed by atoms with E-state index in [1.54, 1.807) is 0 Å². The molecule has 1 unspecified atom stereocenters. The third kappa shape index (κ3) is 11.4. The van der Waals surface area contributed by atoms with Gasteiger partial charge in [0.15, 0.2) is 0 Å². The van der Waals surface area contributed by atoms with Crippen LogP contribution in [0.3, 0.4) is 0 Å². The number of fused-ring (bicyclic) bond motifs is 13. The molecule has 5 heteroatoms. The zero-order valence-corrected chi connectivity index (χ0v) is 67.0. The van der Waals surface area contributed by atoms with Crippen molar-refractivity contribution in [2.45, 2.75) is 149 Å². The highest BCUT2D eigenvalue weighted by molar-refractivity contribution is 7.05. The van der Waals surface area contributed by atoms with Crippen LogP contribution in [0.25, 0.3) is 65.7 Å². The Bertz CT molecular complexity index is 5940. The predicted octanol–water partition coefficient (Wildman–Crippen LogP) is 28.0. The second-order valence-corrected chi connectivity index (χ2v) is 40.5. The Hall–Kier alpha value is -11.0. The minimum Gasteiger partial charge on any atom is -0.455 e. The van der Waals surface area contributed by atoms with Crippen molar-refractivity contribution in [1.82, 2.24) is 0 Å². The van der Waals surface area contributed by atoms with E-state index in [0.717, 1.165) is 89.5 Å². The van der Waals surface area contributed by atoms with E-state index in [9.17, 15) is 0 Å². The Kier molecular flexibility index (Phi) is 16.4. The Labute approximate surface area is 641 Å². The number of anilines is 9. The van der Waals surface area contributed by atoms with Crippen molar-refractivity contribution in [2.75, 3.05) is 14.7 Å². The van der Waals surface area contributed by atoms with E-state index in [-0.39, 0.29) is 27.1 Å². The summed E-state index contributed by atoms with van der Waals surface area (Å²) in [5.41, 5.74) is 26.3. The number of nitrogens with zero attached hydrogens (tertiary/aromatic N) is 3. The average molecular weight is 1420 g/mol. The lowest BCUT2D eigenvalue weighted by atomic mass is 9.66. The normalized spacial score (nSPS) is 14.8. The Morgan fingerprint density at radius 1 is 0.296 bits per heavy atom. The lowest BCUT2D eigenvalue weighted by Crippen LogP contribution is -2.50. The van der Waals surface area contributed by atoms with Crippen LogP contribution in [0.5, 0.6) is 0 Å². The van der Waals surface area contributed by atoms with Crippen molar-refractivity contribution in [3.8, 4) is 22.3 Å². The standard InChI is InChI=1S/C103H99N3OSi/c1-98(2,3)68-40-42-73(43-41-68)103(74-52-62-77(63-53-74)104(75-54-44-69(45-55-75)99(4,5)6)76-56-46-70(47-57-76)100(7,8)9)84-65-89(106(79-60-50-72(51-61-79)102(13,14)15)87-37-27-31-67-29-19-21-33-81(67)87)97-93(83-35-23-25-39-91(83)108(97,16)17)94(84)95-85(103)64-88(92-82-34-22-24-38-90(82)107-96(92)95)105(78-58-48-71(49-59-78)101(10,11)12)86-36-26-30-66-28-18-20-32-80(66)86/h18-65H,1-17H3. The summed E-state index contributed by atoms with van der Waals surface area (Å²) in [6.07, 6.45) is 0. The van der Waals surface area contributed by atoms with Crippen LogP contribution in [0, 0.1) is 0 Å². The van der Waals surface area contributed by atoms with Crippen molar-refractivity contribution < 1.29 is 4.42 Å². The van der Waals surface area contributed by atoms with Crippen LogP contribution >= 0.6 is 0 Å².